The summed E-state index contributed by atoms with van der Waals surface area (Å²) in [5, 5.41) is 20.6. The van der Waals surface area contributed by atoms with Crippen molar-refractivity contribution in [2.75, 3.05) is 31.2 Å². The Morgan fingerprint density at radius 1 is 1.19 bits per heavy atom. The molecule has 0 spiro atoms. The number of ether oxygens (including phenoxy) is 1. The number of carboxylic acid groups (broad SMARTS) is 1. The summed E-state index contributed by atoms with van der Waals surface area (Å²) in [6, 6.07) is 12.6. The van der Waals surface area contributed by atoms with E-state index in [1.54, 1.807) is 24.4 Å². The van der Waals surface area contributed by atoms with Crippen LogP contribution in [0.25, 0.3) is 10.9 Å². The van der Waals surface area contributed by atoms with Crippen molar-refractivity contribution in [3.8, 4) is 5.88 Å². The fourth-order valence-corrected chi connectivity index (χ4v) is 3.27. The van der Waals surface area contributed by atoms with Crippen LogP contribution in [0.4, 0.5) is 11.4 Å². The Labute approximate surface area is 155 Å². The molecule has 0 radical (unpaired) electrons. The van der Waals surface area contributed by atoms with Crippen molar-refractivity contribution in [1.82, 2.24) is 4.98 Å². The molecule has 0 amide bonds. The van der Waals surface area contributed by atoms with E-state index in [-0.39, 0.29) is 11.4 Å². The van der Waals surface area contributed by atoms with Gasteiger partial charge in [-0.05, 0) is 24.3 Å². The molecule has 2 aromatic carbocycles. The highest BCUT2D eigenvalue weighted by Crippen LogP contribution is 2.29. The highest BCUT2D eigenvalue weighted by Gasteiger charge is 2.19. The van der Waals surface area contributed by atoms with Crippen molar-refractivity contribution in [1.29, 1.82) is 0 Å². The first-order valence-corrected chi connectivity index (χ1v) is 8.67. The number of H-pyrrole nitrogens is 1. The summed E-state index contributed by atoms with van der Waals surface area (Å²) in [5.41, 5.74) is 2.76. The second-order valence-corrected chi connectivity index (χ2v) is 6.30. The third-order valence-corrected chi connectivity index (χ3v) is 4.63. The van der Waals surface area contributed by atoms with Crippen LogP contribution in [-0.2, 0) is 4.74 Å². The van der Waals surface area contributed by atoms with Crippen LogP contribution in [0.15, 0.2) is 47.5 Å². The summed E-state index contributed by atoms with van der Waals surface area (Å²) in [7, 11) is 0. The van der Waals surface area contributed by atoms with E-state index in [0.717, 1.165) is 10.9 Å². The maximum Gasteiger partial charge on any atom is 0.337 e. The van der Waals surface area contributed by atoms with Crippen LogP contribution < -0.4 is 4.90 Å². The van der Waals surface area contributed by atoms with Crippen molar-refractivity contribution in [3.05, 3.63) is 53.6 Å². The van der Waals surface area contributed by atoms with Gasteiger partial charge in [0.2, 0.25) is 0 Å². The second kappa shape index (κ2) is 7.13. The van der Waals surface area contributed by atoms with Gasteiger partial charge in [-0.25, -0.2) is 4.79 Å². The number of aromatic nitrogens is 1. The highest BCUT2D eigenvalue weighted by molar-refractivity contribution is 6.03. The Morgan fingerprint density at radius 3 is 2.74 bits per heavy atom. The zero-order valence-electron chi connectivity index (χ0n) is 14.6. The molecule has 27 heavy (non-hydrogen) atoms. The van der Waals surface area contributed by atoms with Crippen molar-refractivity contribution < 1.29 is 19.7 Å². The van der Waals surface area contributed by atoms with E-state index in [9.17, 15) is 15.0 Å². The summed E-state index contributed by atoms with van der Waals surface area (Å²) >= 11 is 0. The molecule has 0 atom stereocenters. The predicted molar refractivity (Wildman–Crippen MR) is 104 cm³/mol. The van der Waals surface area contributed by atoms with Gasteiger partial charge in [0.05, 0.1) is 35.7 Å². The zero-order valence-corrected chi connectivity index (χ0v) is 14.6. The molecule has 0 unspecified atom stereocenters. The van der Waals surface area contributed by atoms with E-state index in [0.29, 0.717) is 43.2 Å². The van der Waals surface area contributed by atoms with E-state index >= 15 is 0 Å². The normalized spacial score (nSPS) is 14.9. The van der Waals surface area contributed by atoms with Gasteiger partial charge < -0.3 is 24.8 Å². The Balaban J connectivity index is 1.67. The number of rotatable bonds is 4. The van der Waals surface area contributed by atoms with Gasteiger partial charge in [0.25, 0.3) is 0 Å². The molecule has 1 aliphatic heterocycles. The number of benzene rings is 2. The van der Waals surface area contributed by atoms with Gasteiger partial charge in [0.1, 0.15) is 0 Å². The van der Waals surface area contributed by atoms with Crippen LogP contribution in [0, 0.1) is 0 Å². The smallest absolute Gasteiger partial charge is 0.337 e. The fourth-order valence-electron chi connectivity index (χ4n) is 3.27. The average molecular weight is 365 g/mol. The number of hydrogen-bond donors (Lipinski definition) is 3. The van der Waals surface area contributed by atoms with Gasteiger partial charge in [-0.2, -0.15) is 0 Å². The molecule has 3 aromatic rings. The van der Waals surface area contributed by atoms with E-state index < -0.39 is 5.97 Å². The third-order valence-electron chi connectivity index (χ3n) is 4.63. The lowest BCUT2D eigenvalue weighted by Crippen LogP contribution is -2.37. The molecule has 1 fully saturated rings. The molecule has 0 saturated carbocycles. The Bertz CT molecular complexity index is 1020. The van der Waals surface area contributed by atoms with Crippen LogP contribution in [0.3, 0.4) is 0 Å². The monoisotopic (exact) mass is 365 g/mol. The maximum absolute atomic E-state index is 11.7. The van der Waals surface area contributed by atoms with Gasteiger partial charge >= 0.3 is 5.97 Å². The zero-order chi connectivity index (χ0) is 18.8. The van der Waals surface area contributed by atoms with Crippen LogP contribution in [0.5, 0.6) is 5.88 Å². The lowest BCUT2D eigenvalue weighted by molar-refractivity contribution is 0.0696. The number of morpholine rings is 1. The standard InChI is InChI=1S/C20H19N3O4/c24-19-16(14-3-1-2-4-17(14)22-19)12-21-13-5-6-18(15(11-13)20(25)26)23-7-9-27-10-8-23/h1-6,11-12,22,24H,7-10H2,(H,25,26). The van der Waals surface area contributed by atoms with Gasteiger partial charge in [-0.3, -0.25) is 4.99 Å². The molecule has 1 aromatic heterocycles. The van der Waals surface area contributed by atoms with E-state index in [1.807, 2.05) is 29.2 Å². The molecule has 0 aliphatic carbocycles. The minimum atomic E-state index is -0.997. The number of carbonyl (C=O) groups is 1. The number of carboxylic acids is 1. The molecule has 1 aliphatic rings. The van der Waals surface area contributed by atoms with Gasteiger partial charge in [-0.1, -0.05) is 18.2 Å². The SMILES string of the molecule is O=C(O)c1cc(N=Cc2c(O)[nH]c3ccccc23)ccc1N1CCOCC1. The minimum Gasteiger partial charge on any atom is -0.494 e. The summed E-state index contributed by atoms with van der Waals surface area (Å²) in [6.45, 7) is 2.48. The molecule has 4 rings (SSSR count). The Kier molecular flexibility index (Phi) is 4.52. The van der Waals surface area contributed by atoms with Crippen LogP contribution in [0.2, 0.25) is 0 Å². The second-order valence-electron chi connectivity index (χ2n) is 6.30. The highest BCUT2D eigenvalue weighted by atomic mass is 16.5. The fraction of sp³-hybridized carbons (Fsp3) is 0.200. The predicted octanol–water partition coefficient (Wildman–Crippen LogP) is 3.16. The van der Waals surface area contributed by atoms with Crippen molar-refractivity contribution in [2.24, 2.45) is 4.99 Å². The average Bonchev–Trinajstić information content (AvgIpc) is 3.02. The minimum absolute atomic E-state index is 0.0309. The quantitative estimate of drug-likeness (QED) is 0.617. The number of para-hydroxylation sites is 1. The van der Waals surface area contributed by atoms with Crippen LogP contribution >= 0.6 is 0 Å². The molecule has 1 saturated heterocycles. The number of nitrogens with zero attached hydrogens (tertiary/aromatic N) is 2. The molecule has 7 nitrogen and oxygen atoms in total. The molecule has 3 N–H and O–H groups in total. The maximum atomic E-state index is 11.7. The van der Waals surface area contributed by atoms with Crippen molar-refractivity contribution in [2.45, 2.75) is 0 Å². The molecule has 138 valence electrons. The molecular weight excluding hydrogens is 346 g/mol. The topological polar surface area (TPSA) is 98.2 Å². The van der Waals surface area contributed by atoms with E-state index in [4.69, 9.17) is 4.74 Å². The van der Waals surface area contributed by atoms with Crippen LogP contribution in [-0.4, -0.2) is 53.7 Å². The first kappa shape index (κ1) is 17.1. The Hall–Kier alpha value is -3.32. The number of aliphatic imine (C=N–C) groups is 1. The molecule has 7 heteroatoms. The van der Waals surface area contributed by atoms with E-state index in [2.05, 4.69) is 9.98 Å². The van der Waals surface area contributed by atoms with Crippen molar-refractivity contribution >= 4 is 34.5 Å². The molecule has 0 bridgehead atoms. The third kappa shape index (κ3) is 3.37. The number of aromatic amines is 1. The lowest BCUT2D eigenvalue weighted by atomic mass is 10.1. The number of anilines is 1. The number of nitrogens with one attached hydrogen (secondary N) is 1. The number of aromatic carboxylic acids is 1. The van der Waals surface area contributed by atoms with E-state index in [1.165, 1.54) is 0 Å². The van der Waals surface area contributed by atoms with Crippen LogP contribution in [0.1, 0.15) is 15.9 Å². The number of hydrogen-bond acceptors (Lipinski definition) is 5. The molecular formula is C20H19N3O4. The summed E-state index contributed by atoms with van der Waals surface area (Å²) in [6.07, 6.45) is 1.55. The van der Waals surface area contributed by atoms with Crippen molar-refractivity contribution in [3.63, 3.8) is 0 Å². The first-order chi connectivity index (χ1) is 13.1. The van der Waals surface area contributed by atoms with Gasteiger partial charge in [-0.15, -0.1) is 0 Å². The molecule has 2 heterocycles. The number of fused-ring (bicyclic) bond motifs is 1. The van der Waals surface area contributed by atoms with Gasteiger partial charge in [0.15, 0.2) is 5.88 Å². The lowest BCUT2D eigenvalue weighted by Gasteiger charge is -2.30. The largest absolute Gasteiger partial charge is 0.494 e. The number of aromatic hydroxyl groups is 1. The summed E-state index contributed by atoms with van der Waals surface area (Å²) < 4.78 is 5.33. The summed E-state index contributed by atoms with van der Waals surface area (Å²) in [4.78, 5) is 21.0. The Morgan fingerprint density at radius 2 is 1.96 bits per heavy atom. The first-order valence-electron chi connectivity index (χ1n) is 8.67. The van der Waals surface area contributed by atoms with Gasteiger partial charge in [0, 0.05) is 30.2 Å². The summed E-state index contributed by atoms with van der Waals surface area (Å²) in [5.74, 6) is -0.966.